The highest BCUT2D eigenvalue weighted by Gasteiger charge is 2.15. The number of hydrogen-bond acceptors (Lipinski definition) is 3. The van der Waals surface area contributed by atoms with Gasteiger partial charge in [-0.15, -0.1) is 0 Å². The Morgan fingerprint density at radius 1 is 1.12 bits per heavy atom. The van der Waals surface area contributed by atoms with Crippen molar-refractivity contribution < 1.29 is 9.53 Å². The van der Waals surface area contributed by atoms with Gasteiger partial charge in [0.25, 0.3) is 0 Å². The number of amides is 1. The lowest BCUT2D eigenvalue weighted by atomic mass is 10.2. The smallest absolute Gasteiger partial charge is 0.407 e. The number of nitrogens with one attached hydrogen (secondary N) is 1. The van der Waals surface area contributed by atoms with E-state index in [0.29, 0.717) is 6.54 Å². The Morgan fingerprint density at radius 3 is 2.06 bits per heavy atom. The molecule has 0 fully saturated rings. The SMILES string of the molecule is CCCN(CCC)CCNC(=O)OC(C)(C)C. The van der Waals surface area contributed by atoms with Crippen LogP contribution in [0.3, 0.4) is 0 Å². The van der Waals surface area contributed by atoms with Crippen LogP contribution in [0.2, 0.25) is 0 Å². The third-order valence-electron chi connectivity index (χ3n) is 2.18. The molecule has 1 amide bonds. The minimum absolute atomic E-state index is 0.328. The molecule has 0 radical (unpaired) electrons. The van der Waals surface area contributed by atoms with E-state index in [9.17, 15) is 4.79 Å². The number of nitrogens with zero attached hydrogens (tertiary/aromatic N) is 1. The minimum Gasteiger partial charge on any atom is -0.444 e. The van der Waals surface area contributed by atoms with Crippen molar-refractivity contribution in [2.75, 3.05) is 26.2 Å². The second-order valence-corrected chi connectivity index (χ2v) is 5.27. The summed E-state index contributed by atoms with van der Waals surface area (Å²) < 4.78 is 5.17. The van der Waals surface area contributed by atoms with Gasteiger partial charge in [-0.3, -0.25) is 0 Å². The number of rotatable bonds is 7. The molecule has 4 heteroatoms. The van der Waals surface area contributed by atoms with Gasteiger partial charge in [-0.25, -0.2) is 4.79 Å². The molecule has 4 nitrogen and oxygen atoms in total. The molecule has 17 heavy (non-hydrogen) atoms. The largest absolute Gasteiger partial charge is 0.444 e. The molecule has 0 saturated carbocycles. The summed E-state index contributed by atoms with van der Waals surface area (Å²) in [5, 5.41) is 2.78. The zero-order valence-electron chi connectivity index (χ0n) is 12.0. The Labute approximate surface area is 106 Å². The van der Waals surface area contributed by atoms with E-state index >= 15 is 0 Å². The lowest BCUT2D eigenvalue weighted by Gasteiger charge is -2.22. The summed E-state index contributed by atoms with van der Waals surface area (Å²) in [6.45, 7) is 13.7. The van der Waals surface area contributed by atoms with Crippen LogP contribution in [0.1, 0.15) is 47.5 Å². The molecule has 0 bridgehead atoms. The summed E-state index contributed by atoms with van der Waals surface area (Å²) >= 11 is 0. The molecule has 0 atom stereocenters. The van der Waals surface area contributed by atoms with E-state index in [1.54, 1.807) is 0 Å². The number of hydrogen-bond donors (Lipinski definition) is 1. The first-order valence-electron chi connectivity index (χ1n) is 6.58. The summed E-state index contributed by atoms with van der Waals surface area (Å²) in [7, 11) is 0. The van der Waals surface area contributed by atoms with Gasteiger partial charge in [-0.2, -0.15) is 0 Å². The van der Waals surface area contributed by atoms with Crippen LogP contribution in [0.4, 0.5) is 4.79 Å². The van der Waals surface area contributed by atoms with Crippen LogP contribution in [-0.4, -0.2) is 42.8 Å². The number of carbonyl (C=O) groups excluding carboxylic acids is 1. The molecule has 0 aromatic heterocycles. The van der Waals surface area contributed by atoms with E-state index in [4.69, 9.17) is 4.74 Å². The quantitative estimate of drug-likeness (QED) is 0.748. The maximum atomic E-state index is 11.4. The van der Waals surface area contributed by atoms with Crippen LogP contribution < -0.4 is 5.32 Å². The second kappa shape index (κ2) is 8.34. The lowest BCUT2D eigenvalue weighted by Crippen LogP contribution is -2.38. The van der Waals surface area contributed by atoms with Crippen molar-refractivity contribution in [1.29, 1.82) is 0 Å². The van der Waals surface area contributed by atoms with E-state index < -0.39 is 5.60 Å². The molecule has 0 aliphatic rings. The maximum absolute atomic E-state index is 11.4. The lowest BCUT2D eigenvalue weighted by molar-refractivity contribution is 0.0522. The van der Waals surface area contributed by atoms with Crippen LogP contribution in [0.25, 0.3) is 0 Å². The molecule has 0 heterocycles. The highest BCUT2D eigenvalue weighted by molar-refractivity contribution is 5.67. The summed E-state index contributed by atoms with van der Waals surface area (Å²) in [4.78, 5) is 13.8. The molecular formula is C13H28N2O2. The number of ether oxygens (including phenoxy) is 1. The van der Waals surface area contributed by atoms with Gasteiger partial charge < -0.3 is 15.0 Å². The zero-order chi connectivity index (χ0) is 13.3. The molecule has 0 aromatic carbocycles. The van der Waals surface area contributed by atoms with Crippen molar-refractivity contribution in [2.45, 2.75) is 53.1 Å². The highest BCUT2D eigenvalue weighted by atomic mass is 16.6. The van der Waals surface area contributed by atoms with Gasteiger partial charge in [-0.05, 0) is 46.7 Å². The average molecular weight is 244 g/mol. The average Bonchev–Trinajstić information content (AvgIpc) is 2.15. The first-order valence-corrected chi connectivity index (χ1v) is 6.58. The third-order valence-corrected chi connectivity index (χ3v) is 2.18. The Hall–Kier alpha value is -0.770. The van der Waals surface area contributed by atoms with Gasteiger partial charge in [0, 0.05) is 13.1 Å². The van der Waals surface area contributed by atoms with Crippen molar-refractivity contribution in [3.8, 4) is 0 Å². The Bertz CT molecular complexity index is 206. The Morgan fingerprint density at radius 2 is 1.65 bits per heavy atom. The zero-order valence-corrected chi connectivity index (χ0v) is 12.0. The monoisotopic (exact) mass is 244 g/mol. The molecule has 0 aliphatic carbocycles. The minimum atomic E-state index is -0.420. The van der Waals surface area contributed by atoms with Crippen molar-refractivity contribution >= 4 is 6.09 Å². The van der Waals surface area contributed by atoms with Crippen molar-refractivity contribution in [3.05, 3.63) is 0 Å². The first-order chi connectivity index (χ1) is 7.89. The molecule has 0 rings (SSSR count). The molecule has 102 valence electrons. The van der Waals surface area contributed by atoms with Gasteiger partial charge in [0.1, 0.15) is 5.60 Å². The molecule has 0 aliphatic heterocycles. The summed E-state index contributed by atoms with van der Waals surface area (Å²) in [6.07, 6.45) is 1.96. The van der Waals surface area contributed by atoms with Crippen LogP contribution in [0.5, 0.6) is 0 Å². The molecule has 0 saturated heterocycles. The normalized spacial score (nSPS) is 11.6. The predicted molar refractivity (Wildman–Crippen MR) is 71.3 cm³/mol. The molecule has 0 aromatic rings. The van der Waals surface area contributed by atoms with Gasteiger partial charge in [-0.1, -0.05) is 13.8 Å². The van der Waals surface area contributed by atoms with Crippen molar-refractivity contribution in [2.24, 2.45) is 0 Å². The van der Waals surface area contributed by atoms with Crippen LogP contribution >= 0.6 is 0 Å². The first kappa shape index (κ1) is 16.2. The number of alkyl carbamates (subject to hydrolysis) is 1. The van der Waals surface area contributed by atoms with Gasteiger partial charge in [0.05, 0.1) is 0 Å². The summed E-state index contributed by atoms with van der Waals surface area (Å²) in [5.74, 6) is 0. The highest BCUT2D eigenvalue weighted by Crippen LogP contribution is 2.06. The fourth-order valence-electron chi connectivity index (χ4n) is 1.60. The van der Waals surface area contributed by atoms with Crippen LogP contribution in [0.15, 0.2) is 0 Å². The second-order valence-electron chi connectivity index (χ2n) is 5.27. The van der Waals surface area contributed by atoms with Crippen LogP contribution in [-0.2, 0) is 4.74 Å². The third kappa shape index (κ3) is 10.1. The topological polar surface area (TPSA) is 41.6 Å². The fourth-order valence-corrected chi connectivity index (χ4v) is 1.60. The van der Waals surface area contributed by atoms with E-state index in [0.717, 1.165) is 32.5 Å². The van der Waals surface area contributed by atoms with Gasteiger partial charge in [0.15, 0.2) is 0 Å². The standard InChI is InChI=1S/C13H28N2O2/c1-6-9-15(10-7-2)11-8-14-12(16)17-13(3,4)5/h6-11H2,1-5H3,(H,14,16). The van der Waals surface area contributed by atoms with Crippen LogP contribution in [0, 0.1) is 0 Å². The molecule has 0 unspecified atom stereocenters. The maximum Gasteiger partial charge on any atom is 0.407 e. The molecular weight excluding hydrogens is 216 g/mol. The Balaban J connectivity index is 3.76. The van der Waals surface area contributed by atoms with Gasteiger partial charge in [0.2, 0.25) is 0 Å². The summed E-state index contributed by atoms with van der Waals surface area (Å²) in [5.41, 5.74) is -0.420. The van der Waals surface area contributed by atoms with E-state index in [-0.39, 0.29) is 6.09 Å². The van der Waals surface area contributed by atoms with E-state index in [2.05, 4.69) is 24.1 Å². The van der Waals surface area contributed by atoms with Crippen molar-refractivity contribution in [3.63, 3.8) is 0 Å². The van der Waals surface area contributed by atoms with Gasteiger partial charge >= 0.3 is 6.09 Å². The fraction of sp³-hybridized carbons (Fsp3) is 0.923. The molecule has 0 spiro atoms. The van der Waals surface area contributed by atoms with E-state index in [1.165, 1.54) is 0 Å². The predicted octanol–water partition coefficient (Wildman–Crippen LogP) is 2.63. The summed E-state index contributed by atoms with van der Waals surface area (Å²) in [6, 6.07) is 0. The van der Waals surface area contributed by atoms with E-state index in [1.807, 2.05) is 20.8 Å². The molecule has 1 N–H and O–H groups in total. The Kier molecular flexibility index (Phi) is 7.96. The number of carbonyl (C=O) groups is 1. The van der Waals surface area contributed by atoms with Crippen molar-refractivity contribution in [1.82, 2.24) is 10.2 Å².